The molecule has 1 aromatic rings. The van der Waals surface area contributed by atoms with Crippen LogP contribution in [0.4, 0.5) is 0 Å². The van der Waals surface area contributed by atoms with E-state index in [1.165, 1.54) is 18.6 Å². The van der Waals surface area contributed by atoms with E-state index < -0.39 is 5.91 Å². The predicted molar refractivity (Wildman–Crippen MR) is 30.5 cm³/mol. The maximum absolute atomic E-state index is 10.3. The largest absolute Gasteiger partial charge is 0.364 e. The van der Waals surface area contributed by atoms with E-state index in [2.05, 4.69) is 9.97 Å². The highest BCUT2D eigenvalue weighted by Gasteiger charge is 1.97. The summed E-state index contributed by atoms with van der Waals surface area (Å²) in [5.74, 6) is -0.553. The van der Waals surface area contributed by atoms with E-state index in [1.54, 1.807) is 0 Å². The van der Waals surface area contributed by atoms with Crippen LogP contribution in [-0.2, 0) is 0 Å². The van der Waals surface area contributed by atoms with E-state index in [1.807, 2.05) is 0 Å². The summed E-state index contributed by atoms with van der Waals surface area (Å²) < 4.78 is 0. The summed E-state index contributed by atoms with van der Waals surface area (Å²) in [6, 6.07) is 0. The molecule has 0 bridgehead atoms. The van der Waals surface area contributed by atoms with Crippen LogP contribution in [0, 0.1) is 0 Å². The molecule has 1 aromatic heterocycles. The normalized spacial score (nSPS) is 8.89. The third-order valence-corrected chi connectivity index (χ3v) is 0.816. The van der Waals surface area contributed by atoms with Gasteiger partial charge in [0.25, 0.3) is 5.91 Å². The lowest BCUT2D eigenvalue weighted by Crippen LogP contribution is -2.12. The number of nitrogens with two attached hydrogens (primary N) is 1. The average molecular weight is 125 g/mol. The molecule has 2 N–H and O–H groups in total. The fourth-order valence-corrected chi connectivity index (χ4v) is 0.426. The molecule has 0 atom stereocenters. The average Bonchev–Trinajstić information content (AvgIpc) is 1.90. The van der Waals surface area contributed by atoms with Crippen LogP contribution in [0.1, 0.15) is 10.5 Å². The monoisotopic (exact) mass is 125 g/mol. The Kier molecular flexibility index (Phi) is 1.40. The summed E-state index contributed by atoms with van der Waals surface area (Å²) in [5, 5.41) is 0. The Balaban J connectivity index is 2.98. The van der Waals surface area contributed by atoms with Crippen molar-refractivity contribution >= 4 is 5.91 Å². The zero-order valence-electron chi connectivity index (χ0n) is 4.61. The van der Waals surface area contributed by atoms with Crippen molar-refractivity contribution in [3.05, 3.63) is 24.3 Å². The first kappa shape index (κ1) is 5.68. The molecule has 0 spiro atoms. The molecule has 0 fully saturated rings. The van der Waals surface area contributed by atoms with Crippen LogP contribution in [0.25, 0.3) is 0 Å². The Hall–Kier alpha value is -1.45. The molecule has 4 heteroatoms. The number of hydrogen-bond acceptors (Lipinski definition) is 3. The van der Waals surface area contributed by atoms with Gasteiger partial charge in [-0.25, -0.2) is 4.98 Å². The molecule has 0 saturated heterocycles. The maximum Gasteiger partial charge on any atom is 0.268 e. The predicted octanol–water partition coefficient (Wildman–Crippen LogP) is -0.425. The second kappa shape index (κ2) is 2.21. The third kappa shape index (κ3) is 1.22. The van der Waals surface area contributed by atoms with Crippen molar-refractivity contribution in [1.29, 1.82) is 0 Å². The topological polar surface area (TPSA) is 68.9 Å². The minimum absolute atomic E-state index is 0.192. The summed E-state index contributed by atoms with van der Waals surface area (Å²) in [4.78, 5) is 17.6. The minimum atomic E-state index is -0.553. The van der Waals surface area contributed by atoms with Gasteiger partial charge in [0.05, 0.1) is 6.20 Å². The highest BCUT2D eigenvalue weighted by Crippen LogP contribution is 1.84. The number of amides is 1. The lowest BCUT2D eigenvalue weighted by molar-refractivity contribution is 0.0995. The standard InChI is InChI=1S/C5H5N3O/c6-5(9)4-3-7-1-2-8-4/h1-3H,(H2,6,9)/i5+1,6+1. The molecule has 0 saturated carbocycles. The molecule has 1 heterocycles. The highest BCUT2D eigenvalue weighted by molar-refractivity contribution is 5.90. The molecule has 1 rings (SSSR count). The van der Waals surface area contributed by atoms with Gasteiger partial charge in [-0.2, -0.15) is 0 Å². The van der Waals surface area contributed by atoms with Gasteiger partial charge in [-0.3, -0.25) is 9.78 Å². The quantitative estimate of drug-likeness (QED) is 0.409. The molecular formula is C5H5N3O. The Labute approximate surface area is 51.7 Å². The van der Waals surface area contributed by atoms with Crippen LogP contribution in [0.15, 0.2) is 18.6 Å². The molecule has 0 aliphatic rings. The Morgan fingerprint density at radius 1 is 1.56 bits per heavy atom. The van der Waals surface area contributed by atoms with Gasteiger partial charge in [0, 0.05) is 12.4 Å². The Morgan fingerprint density at radius 2 is 2.33 bits per heavy atom. The van der Waals surface area contributed by atoms with E-state index in [4.69, 9.17) is 5.73 Å². The van der Waals surface area contributed by atoms with Crippen molar-refractivity contribution in [1.82, 2.24) is 9.97 Å². The fraction of sp³-hybridized carbons (Fsp3) is 0. The van der Waals surface area contributed by atoms with Gasteiger partial charge in [0.15, 0.2) is 0 Å². The third-order valence-electron chi connectivity index (χ3n) is 0.816. The number of carbonyl (C=O) groups excluding carboxylic acids is 1. The molecular weight excluding hydrogens is 120 g/mol. The number of carbonyl (C=O) groups is 1. The second-order valence-electron chi connectivity index (χ2n) is 1.45. The number of nitrogens with zero attached hydrogens (tertiary/aromatic N) is 2. The van der Waals surface area contributed by atoms with E-state index in [9.17, 15) is 4.79 Å². The van der Waals surface area contributed by atoms with Crippen molar-refractivity contribution in [2.24, 2.45) is 5.73 Å². The smallest absolute Gasteiger partial charge is 0.268 e. The van der Waals surface area contributed by atoms with Crippen LogP contribution in [-0.4, -0.2) is 15.9 Å². The van der Waals surface area contributed by atoms with Crippen molar-refractivity contribution in [3.63, 3.8) is 0 Å². The molecule has 9 heavy (non-hydrogen) atoms. The highest BCUT2D eigenvalue weighted by atomic mass is 16.2. The van der Waals surface area contributed by atoms with Crippen molar-refractivity contribution < 1.29 is 4.79 Å². The van der Waals surface area contributed by atoms with Crippen LogP contribution >= 0.6 is 0 Å². The lowest BCUT2D eigenvalue weighted by Gasteiger charge is -1.87. The van der Waals surface area contributed by atoms with Gasteiger partial charge in [-0.15, -0.1) is 0 Å². The van der Waals surface area contributed by atoms with Gasteiger partial charge in [0.1, 0.15) is 5.69 Å². The van der Waals surface area contributed by atoms with Gasteiger partial charge in [-0.1, -0.05) is 0 Å². The molecule has 46 valence electrons. The first-order valence-electron chi connectivity index (χ1n) is 2.36. The summed E-state index contributed by atoms with van der Waals surface area (Å²) in [6.07, 6.45) is 4.22. The van der Waals surface area contributed by atoms with Gasteiger partial charge < -0.3 is 5.73 Å². The number of rotatable bonds is 1. The Bertz CT molecular complexity index is 209. The van der Waals surface area contributed by atoms with Crippen LogP contribution in [0.5, 0.6) is 0 Å². The summed E-state index contributed by atoms with van der Waals surface area (Å²) in [5.41, 5.74) is 5.06. The molecule has 1 amide bonds. The van der Waals surface area contributed by atoms with Gasteiger partial charge in [-0.05, 0) is 0 Å². The number of aromatic nitrogens is 2. The fourth-order valence-electron chi connectivity index (χ4n) is 0.426. The maximum atomic E-state index is 10.3. The molecule has 4 nitrogen and oxygen atoms in total. The van der Waals surface area contributed by atoms with Crippen molar-refractivity contribution in [2.45, 2.75) is 0 Å². The molecule has 0 radical (unpaired) electrons. The molecule has 0 aromatic carbocycles. The lowest BCUT2D eigenvalue weighted by atomic mass is 10.6. The SMILES string of the molecule is [15NH2][13C](=O)c1cnccn1. The van der Waals surface area contributed by atoms with Crippen LogP contribution < -0.4 is 5.73 Å². The summed E-state index contributed by atoms with van der Waals surface area (Å²) in [6.45, 7) is 0. The minimum Gasteiger partial charge on any atom is -0.364 e. The van der Waals surface area contributed by atoms with Crippen molar-refractivity contribution in [2.75, 3.05) is 0 Å². The number of primary amides is 1. The number of hydrogen-bond donors (Lipinski definition) is 1. The summed E-state index contributed by atoms with van der Waals surface area (Å²) >= 11 is 0. The van der Waals surface area contributed by atoms with Crippen LogP contribution in [0.2, 0.25) is 0 Å². The van der Waals surface area contributed by atoms with Crippen molar-refractivity contribution in [3.8, 4) is 0 Å². The molecule has 0 unspecified atom stereocenters. The first-order chi connectivity index (χ1) is 4.30. The van der Waals surface area contributed by atoms with E-state index in [0.717, 1.165) is 0 Å². The second-order valence-corrected chi connectivity index (χ2v) is 1.45. The zero-order valence-corrected chi connectivity index (χ0v) is 4.61. The Morgan fingerprint density at radius 3 is 2.67 bits per heavy atom. The van der Waals surface area contributed by atoms with Gasteiger partial charge >= 0.3 is 0 Å². The zero-order chi connectivity index (χ0) is 6.69. The first-order valence-corrected chi connectivity index (χ1v) is 2.36. The molecule has 0 aliphatic carbocycles. The van der Waals surface area contributed by atoms with E-state index in [0.29, 0.717) is 0 Å². The van der Waals surface area contributed by atoms with Gasteiger partial charge in [0.2, 0.25) is 0 Å². The molecule has 0 aliphatic heterocycles. The summed E-state index contributed by atoms with van der Waals surface area (Å²) in [7, 11) is 0. The van der Waals surface area contributed by atoms with E-state index in [-0.39, 0.29) is 5.69 Å². The van der Waals surface area contributed by atoms with E-state index >= 15 is 0 Å². The van der Waals surface area contributed by atoms with Crippen LogP contribution in [0.3, 0.4) is 0 Å².